The van der Waals surface area contributed by atoms with Crippen LogP contribution < -0.4 is 0 Å². The predicted octanol–water partition coefficient (Wildman–Crippen LogP) is 5.20. The Balaban J connectivity index is 2.74. The van der Waals surface area contributed by atoms with Crippen molar-refractivity contribution in [3.63, 3.8) is 0 Å². The third-order valence-electron chi connectivity index (χ3n) is 3.54. The molecule has 1 aromatic carbocycles. The molecule has 0 atom stereocenters. The Bertz CT molecular complexity index is 533. The van der Waals surface area contributed by atoms with Crippen LogP contribution in [0.3, 0.4) is 0 Å². The van der Waals surface area contributed by atoms with Gasteiger partial charge in [0.2, 0.25) is 0 Å². The molecular formula is C18H29O5P. The van der Waals surface area contributed by atoms with Crippen LogP contribution >= 0.6 is 7.60 Å². The zero-order valence-electron chi connectivity index (χ0n) is 15.0. The molecule has 136 valence electrons. The molecule has 1 aromatic rings. The predicted molar refractivity (Wildman–Crippen MR) is 95.5 cm³/mol. The van der Waals surface area contributed by atoms with E-state index in [1.165, 1.54) is 12.1 Å². The van der Waals surface area contributed by atoms with Crippen molar-refractivity contribution in [1.29, 1.82) is 0 Å². The van der Waals surface area contributed by atoms with Crippen LogP contribution in [0.5, 0.6) is 0 Å². The number of rotatable bonds is 11. The summed E-state index contributed by atoms with van der Waals surface area (Å²) in [4.78, 5) is 10.9. The van der Waals surface area contributed by atoms with E-state index in [-0.39, 0.29) is 11.7 Å². The topological polar surface area (TPSA) is 72.8 Å². The van der Waals surface area contributed by atoms with Crippen LogP contribution in [0.2, 0.25) is 0 Å². The van der Waals surface area contributed by atoms with Gasteiger partial charge in [0.15, 0.2) is 0 Å². The highest BCUT2D eigenvalue weighted by atomic mass is 31.2. The van der Waals surface area contributed by atoms with Crippen LogP contribution in [0.1, 0.15) is 56.5 Å². The lowest BCUT2D eigenvalue weighted by Crippen LogP contribution is -2.05. The number of aromatic carboxylic acids is 1. The molecule has 0 aliphatic rings. The highest BCUT2D eigenvalue weighted by Gasteiger charge is 2.25. The first kappa shape index (κ1) is 20.9. The lowest BCUT2D eigenvalue weighted by molar-refractivity contribution is 0.0697. The summed E-state index contributed by atoms with van der Waals surface area (Å²) in [5, 5.41) is 8.94. The molecule has 0 spiro atoms. The summed E-state index contributed by atoms with van der Waals surface area (Å²) in [6.07, 6.45) is 1.79. The van der Waals surface area contributed by atoms with Crippen LogP contribution in [0.15, 0.2) is 24.3 Å². The second kappa shape index (κ2) is 9.97. The molecule has 6 heteroatoms. The maximum absolute atomic E-state index is 13.0. The summed E-state index contributed by atoms with van der Waals surface area (Å²) in [5.74, 6) is -0.0565. The van der Waals surface area contributed by atoms with E-state index in [2.05, 4.69) is 27.7 Å². The van der Waals surface area contributed by atoms with Gasteiger partial charge >= 0.3 is 13.6 Å². The van der Waals surface area contributed by atoms with E-state index >= 15 is 0 Å². The van der Waals surface area contributed by atoms with Crippen molar-refractivity contribution in [2.24, 2.45) is 11.8 Å². The van der Waals surface area contributed by atoms with Crippen LogP contribution in [0.4, 0.5) is 0 Å². The molecule has 0 aromatic heterocycles. The smallest absolute Gasteiger partial charge is 0.335 e. The van der Waals surface area contributed by atoms with E-state index in [0.29, 0.717) is 25.0 Å². The van der Waals surface area contributed by atoms with Gasteiger partial charge in [-0.15, -0.1) is 0 Å². The van der Waals surface area contributed by atoms with Crippen molar-refractivity contribution >= 4 is 13.6 Å². The molecular weight excluding hydrogens is 327 g/mol. The Morgan fingerprint density at radius 1 is 1.00 bits per heavy atom. The fraction of sp³-hybridized carbons (Fsp3) is 0.611. The van der Waals surface area contributed by atoms with Gasteiger partial charge in [-0.25, -0.2) is 4.79 Å². The largest absolute Gasteiger partial charge is 0.478 e. The Morgan fingerprint density at radius 2 is 1.46 bits per heavy atom. The Labute approximate surface area is 144 Å². The average Bonchev–Trinajstić information content (AvgIpc) is 2.46. The molecule has 5 nitrogen and oxygen atoms in total. The Kier molecular flexibility index (Phi) is 8.68. The van der Waals surface area contributed by atoms with Crippen molar-refractivity contribution in [2.75, 3.05) is 13.2 Å². The van der Waals surface area contributed by atoms with Crippen LogP contribution in [0.25, 0.3) is 0 Å². The van der Waals surface area contributed by atoms with Crippen molar-refractivity contribution in [2.45, 2.75) is 46.7 Å². The van der Waals surface area contributed by atoms with Crippen LogP contribution in [-0.4, -0.2) is 24.3 Å². The summed E-state index contributed by atoms with van der Waals surface area (Å²) in [7, 11) is -3.24. The molecule has 24 heavy (non-hydrogen) atoms. The van der Waals surface area contributed by atoms with E-state index < -0.39 is 13.6 Å². The lowest BCUT2D eigenvalue weighted by atomic mass is 10.1. The van der Waals surface area contributed by atoms with Crippen molar-refractivity contribution in [1.82, 2.24) is 0 Å². The number of benzene rings is 1. The molecule has 0 aliphatic heterocycles. The molecule has 0 saturated heterocycles. The first-order valence-corrected chi connectivity index (χ1v) is 10.1. The normalized spacial score (nSPS) is 12.1. The van der Waals surface area contributed by atoms with Gasteiger partial charge in [-0.1, -0.05) is 39.8 Å². The number of carboxylic acids is 1. The van der Waals surface area contributed by atoms with Gasteiger partial charge in [-0.2, -0.15) is 0 Å². The number of hydrogen-bond acceptors (Lipinski definition) is 4. The maximum atomic E-state index is 13.0. The number of hydrogen-bond donors (Lipinski definition) is 1. The van der Waals surface area contributed by atoms with Gasteiger partial charge in [0, 0.05) is 0 Å². The summed E-state index contributed by atoms with van der Waals surface area (Å²) in [6.45, 7) is 9.11. The molecule has 0 aliphatic carbocycles. The lowest BCUT2D eigenvalue weighted by Gasteiger charge is -2.20. The van der Waals surface area contributed by atoms with Gasteiger partial charge in [0.1, 0.15) is 0 Å². The van der Waals surface area contributed by atoms with E-state index in [1.54, 1.807) is 12.1 Å². The molecule has 0 bridgehead atoms. The van der Waals surface area contributed by atoms with Gasteiger partial charge in [0.05, 0.1) is 24.9 Å². The monoisotopic (exact) mass is 356 g/mol. The first-order valence-electron chi connectivity index (χ1n) is 8.42. The molecule has 0 fully saturated rings. The molecule has 0 heterocycles. The molecule has 0 radical (unpaired) electrons. The van der Waals surface area contributed by atoms with Crippen LogP contribution in [-0.2, 0) is 19.8 Å². The zero-order chi connectivity index (χ0) is 18.2. The van der Waals surface area contributed by atoms with E-state index in [9.17, 15) is 9.36 Å². The summed E-state index contributed by atoms with van der Waals surface area (Å²) < 4.78 is 24.2. The van der Waals surface area contributed by atoms with E-state index in [4.69, 9.17) is 14.2 Å². The summed E-state index contributed by atoms with van der Waals surface area (Å²) in [6, 6.07) is 6.33. The molecule has 0 amide bonds. The Hall–Kier alpha value is -1.16. The summed E-state index contributed by atoms with van der Waals surface area (Å²) in [5.41, 5.74) is 0.951. The van der Waals surface area contributed by atoms with Crippen LogP contribution in [0, 0.1) is 11.8 Å². The minimum absolute atomic E-state index is 0.156. The van der Waals surface area contributed by atoms with E-state index in [1.807, 2.05) is 0 Å². The van der Waals surface area contributed by atoms with Crippen molar-refractivity contribution in [3.05, 3.63) is 35.4 Å². The molecule has 0 saturated carbocycles. The second-order valence-electron chi connectivity index (χ2n) is 6.80. The minimum Gasteiger partial charge on any atom is -0.478 e. The first-order chi connectivity index (χ1) is 11.2. The van der Waals surface area contributed by atoms with Gasteiger partial charge < -0.3 is 14.2 Å². The highest BCUT2D eigenvalue weighted by Crippen LogP contribution is 2.51. The SMILES string of the molecule is CC(C)CCOP(=O)(Cc1ccc(C(=O)O)cc1)OCCC(C)C. The molecule has 0 unspecified atom stereocenters. The van der Waals surface area contributed by atoms with E-state index in [0.717, 1.165) is 18.4 Å². The van der Waals surface area contributed by atoms with Gasteiger partial charge in [-0.05, 0) is 42.4 Å². The fourth-order valence-corrected chi connectivity index (χ4v) is 3.64. The third kappa shape index (κ3) is 8.09. The third-order valence-corrected chi connectivity index (χ3v) is 5.45. The average molecular weight is 356 g/mol. The summed E-state index contributed by atoms with van der Waals surface area (Å²) >= 11 is 0. The minimum atomic E-state index is -3.24. The second-order valence-corrected chi connectivity index (χ2v) is 8.86. The van der Waals surface area contributed by atoms with Gasteiger partial charge in [-0.3, -0.25) is 4.57 Å². The fourth-order valence-electron chi connectivity index (χ4n) is 1.96. The highest BCUT2D eigenvalue weighted by molar-refractivity contribution is 7.53. The molecule has 1 N–H and O–H groups in total. The number of carboxylic acid groups (broad SMARTS) is 1. The van der Waals surface area contributed by atoms with Gasteiger partial charge in [0.25, 0.3) is 0 Å². The maximum Gasteiger partial charge on any atom is 0.335 e. The van der Waals surface area contributed by atoms with Crippen molar-refractivity contribution in [3.8, 4) is 0 Å². The van der Waals surface area contributed by atoms with Crippen molar-refractivity contribution < 1.29 is 23.5 Å². The quantitative estimate of drug-likeness (QED) is 0.551. The zero-order valence-corrected chi connectivity index (χ0v) is 15.9. The Morgan fingerprint density at radius 3 is 1.83 bits per heavy atom. The molecule has 1 rings (SSSR count). The number of carbonyl (C=O) groups is 1. The standard InChI is InChI=1S/C18H29O5P/c1-14(2)9-11-22-24(21,23-12-10-15(3)4)13-16-5-7-17(8-6-16)18(19)20/h5-8,14-15H,9-13H2,1-4H3,(H,19,20).